The summed E-state index contributed by atoms with van der Waals surface area (Å²) in [6.45, 7) is 5.30. The van der Waals surface area contributed by atoms with E-state index in [4.69, 9.17) is 16.3 Å². The van der Waals surface area contributed by atoms with Gasteiger partial charge in [-0.1, -0.05) is 36.7 Å². The molecule has 2 rings (SSSR count). The predicted octanol–water partition coefficient (Wildman–Crippen LogP) is 3.70. The molecule has 0 aliphatic heterocycles. The smallest absolute Gasteiger partial charge is 0.222 e. The Kier molecular flexibility index (Phi) is 5.18. The van der Waals surface area contributed by atoms with Gasteiger partial charge in [-0.05, 0) is 19.4 Å². The summed E-state index contributed by atoms with van der Waals surface area (Å²) in [5, 5.41) is 3.92. The molecule has 0 fully saturated rings. The molecule has 0 unspecified atom stereocenters. The molecule has 0 saturated heterocycles. The van der Waals surface area contributed by atoms with E-state index in [0.29, 0.717) is 17.5 Å². The van der Waals surface area contributed by atoms with E-state index in [1.165, 1.54) is 6.33 Å². The second-order valence-corrected chi connectivity index (χ2v) is 4.68. The van der Waals surface area contributed by atoms with Crippen molar-refractivity contribution in [3.8, 4) is 5.88 Å². The van der Waals surface area contributed by atoms with E-state index in [1.54, 1.807) is 0 Å². The summed E-state index contributed by atoms with van der Waals surface area (Å²) in [6.07, 6.45) is 2.32. The first-order valence-corrected chi connectivity index (χ1v) is 7.08. The molecular weight excluding hydrogens is 274 g/mol. The van der Waals surface area contributed by atoms with E-state index in [-0.39, 0.29) is 0 Å². The maximum atomic E-state index is 6.12. The quantitative estimate of drug-likeness (QED) is 0.881. The minimum Gasteiger partial charge on any atom is -0.472 e. The summed E-state index contributed by atoms with van der Waals surface area (Å²) in [5.41, 5.74) is 1.93. The van der Waals surface area contributed by atoms with Crippen LogP contribution in [0.4, 0.5) is 5.82 Å². The van der Waals surface area contributed by atoms with Crippen molar-refractivity contribution in [3.05, 3.63) is 46.7 Å². The minimum atomic E-state index is 0.398. The SMILES string of the molecule is CCNc1ncnc(OCc2ccccc2Cl)c1CC. The lowest BCUT2D eigenvalue weighted by Gasteiger charge is -2.13. The molecule has 0 aliphatic carbocycles. The Morgan fingerprint density at radius 1 is 1.20 bits per heavy atom. The van der Waals surface area contributed by atoms with Gasteiger partial charge in [0.2, 0.25) is 5.88 Å². The Hall–Kier alpha value is -1.81. The number of aromatic nitrogens is 2. The van der Waals surface area contributed by atoms with Crippen LogP contribution < -0.4 is 10.1 Å². The predicted molar refractivity (Wildman–Crippen MR) is 81.4 cm³/mol. The zero-order chi connectivity index (χ0) is 14.4. The highest BCUT2D eigenvalue weighted by Crippen LogP contribution is 2.24. The highest BCUT2D eigenvalue weighted by atomic mass is 35.5. The number of hydrogen-bond donors (Lipinski definition) is 1. The summed E-state index contributed by atoms with van der Waals surface area (Å²) in [5.74, 6) is 1.44. The third kappa shape index (κ3) is 3.39. The Bertz CT molecular complexity index is 575. The molecule has 1 heterocycles. The Morgan fingerprint density at radius 3 is 2.70 bits per heavy atom. The van der Waals surface area contributed by atoms with Crippen molar-refractivity contribution in [2.45, 2.75) is 26.9 Å². The van der Waals surface area contributed by atoms with Crippen LogP contribution in [0.5, 0.6) is 5.88 Å². The van der Waals surface area contributed by atoms with E-state index < -0.39 is 0 Å². The summed E-state index contributed by atoms with van der Waals surface area (Å²) < 4.78 is 5.81. The molecule has 1 aromatic heterocycles. The van der Waals surface area contributed by atoms with Crippen LogP contribution in [0.1, 0.15) is 25.0 Å². The maximum absolute atomic E-state index is 6.12. The Morgan fingerprint density at radius 2 is 2.00 bits per heavy atom. The van der Waals surface area contributed by atoms with Crippen LogP contribution in [-0.2, 0) is 13.0 Å². The molecule has 1 N–H and O–H groups in total. The van der Waals surface area contributed by atoms with Gasteiger partial charge in [-0.25, -0.2) is 9.97 Å². The summed E-state index contributed by atoms with van der Waals surface area (Å²) in [4.78, 5) is 8.46. The first kappa shape index (κ1) is 14.6. The molecule has 2 aromatic rings. The zero-order valence-corrected chi connectivity index (χ0v) is 12.4. The first-order valence-electron chi connectivity index (χ1n) is 6.70. The number of anilines is 1. The lowest BCUT2D eigenvalue weighted by molar-refractivity contribution is 0.290. The van der Waals surface area contributed by atoms with Crippen LogP contribution in [0, 0.1) is 0 Å². The normalized spacial score (nSPS) is 10.3. The van der Waals surface area contributed by atoms with Crippen LogP contribution in [0.25, 0.3) is 0 Å². The van der Waals surface area contributed by atoms with Gasteiger partial charge < -0.3 is 10.1 Å². The number of hydrogen-bond acceptors (Lipinski definition) is 4. The average Bonchev–Trinajstić information content (AvgIpc) is 2.47. The fourth-order valence-corrected chi connectivity index (χ4v) is 2.11. The van der Waals surface area contributed by atoms with Gasteiger partial charge in [-0.3, -0.25) is 0 Å². The molecule has 0 bridgehead atoms. The van der Waals surface area contributed by atoms with Crippen LogP contribution in [-0.4, -0.2) is 16.5 Å². The molecule has 1 aromatic carbocycles. The van der Waals surface area contributed by atoms with Gasteiger partial charge in [0, 0.05) is 17.1 Å². The number of nitrogens with one attached hydrogen (secondary N) is 1. The molecule has 0 radical (unpaired) electrons. The summed E-state index contributed by atoms with van der Waals surface area (Å²) >= 11 is 6.12. The molecule has 0 aliphatic rings. The van der Waals surface area contributed by atoms with Gasteiger partial charge in [0.1, 0.15) is 18.8 Å². The molecule has 0 amide bonds. The highest BCUT2D eigenvalue weighted by molar-refractivity contribution is 6.31. The van der Waals surface area contributed by atoms with Gasteiger partial charge in [-0.2, -0.15) is 0 Å². The number of ether oxygens (including phenoxy) is 1. The lowest BCUT2D eigenvalue weighted by Crippen LogP contribution is -2.07. The monoisotopic (exact) mass is 291 g/mol. The van der Waals surface area contributed by atoms with E-state index in [0.717, 1.165) is 29.9 Å². The largest absolute Gasteiger partial charge is 0.472 e. The molecule has 4 nitrogen and oxygen atoms in total. The van der Waals surface area contributed by atoms with Crippen molar-refractivity contribution in [1.29, 1.82) is 0 Å². The third-order valence-corrected chi connectivity index (χ3v) is 3.29. The highest BCUT2D eigenvalue weighted by Gasteiger charge is 2.11. The van der Waals surface area contributed by atoms with Crippen LogP contribution in [0.3, 0.4) is 0 Å². The molecule has 106 valence electrons. The van der Waals surface area contributed by atoms with Gasteiger partial charge in [-0.15, -0.1) is 0 Å². The van der Waals surface area contributed by atoms with Crippen molar-refractivity contribution >= 4 is 17.4 Å². The fraction of sp³-hybridized carbons (Fsp3) is 0.333. The summed E-state index contributed by atoms with van der Waals surface area (Å²) in [7, 11) is 0. The van der Waals surface area contributed by atoms with Gasteiger partial charge in [0.25, 0.3) is 0 Å². The fourth-order valence-electron chi connectivity index (χ4n) is 1.92. The van der Waals surface area contributed by atoms with Gasteiger partial charge >= 0.3 is 0 Å². The van der Waals surface area contributed by atoms with Crippen LogP contribution in [0.15, 0.2) is 30.6 Å². The van der Waals surface area contributed by atoms with Crippen molar-refractivity contribution in [1.82, 2.24) is 9.97 Å². The standard InChI is InChI=1S/C15H18ClN3O/c1-3-12-14(17-4-2)18-10-19-15(12)20-9-11-7-5-6-8-13(11)16/h5-8,10H,3-4,9H2,1-2H3,(H,17,18,19). The van der Waals surface area contributed by atoms with Crippen molar-refractivity contribution in [2.75, 3.05) is 11.9 Å². The van der Waals surface area contributed by atoms with E-state index in [2.05, 4.69) is 22.2 Å². The molecule has 0 saturated carbocycles. The lowest BCUT2D eigenvalue weighted by atomic mass is 10.2. The summed E-state index contributed by atoms with van der Waals surface area (Å²) in [6, 6.07) is 7.64. The topological polar surface area (TPSA) is 47.0 Å². The Balaban J connectivity index is 2.17. The van der Waals surface area contributed by atoms with Crippen LogP contribution >= 0.6 is 11.6 Å². The number of benzene rings is 1. The zero-order valence-electron chi connectivity index (χ0n) is 11.7. The Labute approximate surface area is 124 Å². The molecule has 20 heavy (non-hydrogen) atoms. The van der Waals surface area contributed by atoms with E-state index in [9.17, 15) is 0 Å². The van der Waals surface area contributed by atoms with Crippen LogP contribution in [0.2, 0.25) is 5.02 Å². The molecule has 0 spiro atoms. The van der Waals surface area contributed by atoms with Gasteiger partial charge in [0.05, 0.1) is 5.56 Å². The first-order chi connectivity index (χ1) is 9.76. The van der Waals surface area contributed by atoms with Gasteiger partial charge in [0.15, 0.2) is 0 Å². The number of rotatable bonds is 6. The molecule has 0 atom stereocenters. The van der Waals surface area contributed by atoms with Crippen molar-refractivity contribution in [3.63, 3.8) is 0 Å². The maximum Gasteiger partial charge on any atom is 0.222 e. The van der Waals surface area contributed by atoms with Crippen molar-refractivity contribution in [2.24, 2.45) is 0 Å². The van der Waals surface area contributed by atoms with E-state index in [1.807, 2.05) is 31.2 Å². The van der Waals surface area contributed by atoms with Crippen molar-refractivity contribution < 1.29 is 4.74 Å². The molecule has 5 heteroatoms. The number of nitrogens with zero attached hydrogens (tertiary/aromatic N) is 2. The molecular formula is C15H18ClN3O. The second kappa shape index (κ2) is 7.10. The second-order valence-electron chi connectivity index (χ2n) is 4.27. The minimum absolute atomic E-state index is 0.398. The average molecular weight is 292 g/mol. The number of halogens is 1. The third-order valence-electron chi connectivity index (χ3n) is 2.93. The van der Waals surface area contributed by atoms with E-state index >= 15 is 0 Å².